The molecule has 0 saturated carbocycles. The van der Waals surface area contributed by atoms with E-state index in [1.54, 1.807) is 0 Å². The van der Waals surface area contributed by atoms with E-state index in [1.807, 2.05) is 13.8 Å². The second kappa shape index (κ2) is 5.23. The molecular formula is C10H21NO4. The molecule has 0 aromatic heterocycles. The van der Waals surface area contributed by atoms with Gasteiger partial charge in [-0.1, -0.05) is 13.8 Å². The Morgan fingerprint density at radius 2 is 1.93 bits per heavy atom. The highest BCUT2D eigenvalue weighted by Crippen LogP contribution is 2.29. The SMILES string of the molecule is CC(C)CC1C(CO)OC(O)C(N)C1O. The molecule has 5 nitrogen and oxygen atoms in total. The normalized spacial score (nSPS) is 42.2. The van der Waals surface area contributed by atoms with Crippen molar-refractivity contribution >= 4 is 0 Å². The third-order valence-corrected chi connectivity index (χ3v) is 2.88. The average Bonchev–Trinajstić information content (AvgIpc) is 2.18. The van der Waals surface area contributed by atoms with Gasteiger partial charge in [-0.15, -0.1) is 0 Å². The monoisotopic (exact) mass is 219 g/mol. The second-order valence-electron chi connectivity index (χ2n) is 4.61. The van der Waals surface area contributed by atoms with Crippen molar-refractivity contribution in [3.8, 4) is 0 Å². The molecule has 0 amide bonds. The van der Waals surface area contributed by atoms with Gasteiger partial charge in [0.2, 0.25) is 0 Å². The maximum atomic E-state index is 9.88. The smallest absolute Gasteiger partial charge is 0.172 e. The molecule has 1 aliphatic heterocycles. The Morgan fingerprint density at radius 1 is 1.33 bits per heavy atom. The van der Waals surface area contributed by atoms with Crippen molar-refractivity contribution in [3.05, 3.63) is 0 Å². The molecule has 5 atom stereocenters. The highest BCUT2D eigenvalue weighted by atomic mass is 16.6. The minimum Gasteiger partial charge on any atom is -0.394 e. The summed E-state index contributed by atoms with van der Waals surface area (Å²) in [5.41, 5.74) is 5.60. The third kappa shape index (κ3) is 2.89. The maximum absolute atomic E-state index is 9.88. The van der Waals surface area contributed by atoms with Crippen molar-refractivity contribution < 1.29 is 20.1 Å². The Balaban J connectivity index is 2.70. The number of aliphatic hydroxyl groups is 3. The van der Waals surface area contributed by atoms with Crippen LogP contribution in [0.3, 0.4) is 0 Å². The van der Waals surface area contributed by atoms with Crippen molar-refractivity contribution in [1.29, 1.82) is 0 Å². The van der Waals surface area contributed by atoms with Gasteiger partial charge in [-0.3, -0.25) is 0 Å². The van der Waals surface area contributed by atoms with Crippen LogP contribution in [0.4, 0.5) is 0 Å². The molecule has 1 aliphatic rings. The van der Waals surface area contributed by atoms with Crippen LogP contribution in [0.1, 0.15) is 20.3 Å². The Labute approximate surface area is 89.9 Å². The molecule has 0 bridgehead atoms. The minimum atomic E-state index is -1.19. The van der Waals surface area contributed by atoms with Crippen LogP contribution in [0.15, 0.2) is 0 Å². The molecule has 15 heavy (non-hydrogen) atoms. The van der Waals surface area contributed by atoms with Crippen LogP contribution < -0.4 is 5.73 Å². The zero-order valence-electron chi connectivity index (χ0n) is 9.21. The summed E-state index contributed by atoms with van der Waals surface area (Å²) in [6, 6.07) is -0.795. The molecule has 0 aromatic rings. The fourth-order valence-electron chi connectivity index (χ4n) is 2.06. The number of hydrogen-bond acceptors (Lipinski definition) is 5. The van der Waals surface area contributed by atoms with E-state index in [1.165, 1.54) is 0 Å². The molecule has 5 unspecified atom stereocenters. The fourth-order valence-corrected chi connectivity index (χ4v) is 2.06. The number of ether oxygens (including phenoxy) is 1. The van der Waals surface area contributed by atoms with Crippen molar-refractivity contribution in [2.75, 3.05) is 6.61 Å². The molecular weight excluding hydrogens is 198 g/mol. The highest BCUT2D eigenvalue weighted by Gasteiger charge is 2.42. The molecule has 5 N–H and O–H groups in total. The number of nitrogens with two attached hydrogens (primary N) is 1. The first-order valence-corrected chi connectivity index (χ1v) is 5.35. The highest BCUT2D eigenvalue weighted by molar-refractivity contribution is 4.90. The fraction of sp³-hybridized carbons (Fsp3) is 1.00. The maximum Gasteiger partial charge on any atom is 0.172 e. The molecule has 1 heterocycles. The predicted molar refractivity (Wildman–Crippen MR) is 54.9 cm³/mol. The Morgan fingerprint density at radius 3 is 2.40 bits per heavy atom. The van der Waals surface area contributed by atoms with E-state index in [4.69, 9.17) is 15.6 Å². The van der Waals surface area contributed by atoms with E-state index in [2.05, 4.69) is 0 Å². The summed E-state index contributed by atoms with van der Waals surface area (Å²) in [5, 5.41) is 28.4. The van der Waals surface area contributed by atoms with Gasteiger partial charge >= 0.3 is 0 Å². The lowest BCUT2D eigenvalue weighted by molar-refractivity contribution is -0.234. The van der Waals surface area contributed by atoms with Crippen LogP contribution >= 0.6 is 0 Å². The minimum absolute atomic E-state index is 0.210. The van der Waals surface area contributed by atoms with Crippen LogP contribution in [-0.2, 0) is 4.74 Å². The van der Waals surface area contributed by atoms with Crippen LogP contribution in [-0.4, -0.2) is 46.5 Å². The lowest BCUT2D eigenvalue weighted by atomic mass is 9.82. The first-order chi connectivity index (χ1) is 6.97. The summed E-state index contributed by atoms with van der Waals surface area (Å²) in [7, 11) is 0. The van der Waals surface area contributed by atoms with E-state index in [0.29, 0.717) is 12.3 Å². The van der Waals surface area contributed by atoms with Crippen molar-refractivity contribution in [1.82, 2.24) is 0 Å². The molecule has 1 rings (SSSR count). The summed E-state index contributed by atoms with van der Waals surface area (Å²) >= 11 is 0. The molecule has 0 spiro atoms. The van der Waals surface area contributed by atoms with Gasteiger partial charge in [0.25, 0.3) is 0 Å². The first kappa shape index (κ1) is 12.9. The number of hydrogen-bond donors (Lipinski definition) is 4. The van der Waals surface area contributed by atoms with Gasteiger partial charge in [-0.2, -0.15) is 0 Å². The molecule has 90 valence electrons. The average molecular weight is 219 g/mol. The Bertz CT molecular complexity index is 198. The first-order valence-electron chi connectivity index (χ1n) is 5.35. The molecule has 1 saturated heterocycles. The lowest BCUT2D eigenvalue weighted by Crippen LogP contribution is -2.59. The summed E-state index contributed by atoms with van der Waals surface area (Å²) in [4.78, 5) is 0. The van der Waals surface area contributed by atoms with Crippen molar-refractivity contribution in [2.45, 2.75) is 44.8 Å². The second-order valence-corrected chi connectivity index (χ2v) is 4.61. The predicted octanol–water partition coefficient (Wildman–Crippen LogP) is -0.954. The van der Waals surface area contributed by atoms with Gasteiger partial charge in [0, 0.05) is 5.92 Å². The van der Waals surface area contributed by atoms with E-state index >= 15 is 0 Å². The topological polar surface area (TPSA) is 95.9 Å². The van der Waals surface area contributed by atoms with Crippen LogP contribution in [0.25, 0.3) is 0 Å². The van der Waals surface area contributed by atoms with E-state index in [0.717, 1.165) is 0 Å². The van der Waals surface area contributed by atoms with Crippen molar-refractivity contribution in [3.63, 3.8) is 0 Å². The Hall–Kier alpha value is -0.200. The summed E-state index contributed by atoms with van der Waals surface area (Å²) in [6.07, 6.45) is -1.83. The third-order valence-electron chi connectivity index (χ3n) is 2.88. The van der Waals surface area contributed by atoms with E-state index < -0.39 is 24.5 Å². The quantitative estimate of drug-likeness (QED) is 0.490. The molecule has 0 aromatic carbocycles. The van der Waals surface area contributed by atoms with Crippen LogP contribution in [0, 0.1) is 11.8 Å². The number of aliphatic hydroxyl groups excluding tert-OH is 3. The van der Waals surface area contributed by atoms with E-state index in [-0.39, 0.29) is 12.5 Å². The summed E-state index contributed by atoms with van der Waals surface area (Å²) < 4.78 is 5.15. The van der Waals surface area contributed by atoms with Gasteiger partial charge in [-0.05, 0) is 12.3 Å². The zero-order valence-corrected chi connectivity index (χ0v) is 9.21. The van der Waals surface area contributed by atoms with Gasteiger partial charge in [0.15, 0.2) is 6.29 Å². The largest absolute Gasteiger partial charge is 0.394 e. The van der Waals surface area contributed by atoms with E-state index in [9.17, 15) is 10.2 Å². The molecule has 0 aliphatic carbocycles. The van der Waals surface area contributed by atoms with Gasteiger partial charge < -0.3 is 25.8 Å². The van der Waals surface area contributed by atoms with Gasteiger partial charge in [0.05, 0.1) is 24.9 Å². The molecule has 5 heteroatoms. The van der Waals surface area contributed by atoms with Gasteiger partial charge in [-0.25, -0.2) is 0 Å². The molecule has 0 radical (unpaired) electrons. The summed E-state index contributed by atoms with van der Waals surface area (Å²) in [5.74, 6) is 0.165. The zero-order chi connectivity index (χ0) is 11.6. The van der Waals surface area contributed by atoms with Crippen molar-refractivity contribution in [2.24, 2.45) is 17.6 Å². The summed E-state index contributed by atoms with van der Waals surface area (Å²) in [6.45, 7) is 3.84. The molecule has 1 fully saturated rings. The standard InChI is InChI=1S/C10H21NO4/c1-5(2)3-6-7(4-12)15-10(14)8(11)9(6)13/h5-10,12-14H,3-4,11H2,1-2H3. The van der Waals surface area contributed by atoms with Crippen LogP contribution in [0.2, 0.25) is 0 Å². The van der Waals surface area contributed by atoms with Gasteiger partial charge in [0.1, 0.15) is 0 Å². The Kier molecular flexibility index (Phi) is 4.48. The lowest BCUT2D eigenvalue weighted by Gasteiger charge is -2.41. The van der Waals surface area contributed by atoms with Crippen LogP contribution in [0.5, 0.6) is 0 Å². The number of rotatable bonds is 3.